The number of hydrazine groups is 1. The number of benzene rings is 1. The summed E-state index contributed by atoms with van der Waals surface area (Å²) >= 11 is 0. The van der Waals surface area contributed by atoms with Crippen LogP contribution in [0.4, 0.5) is 30.7 Å². The van der Waals surface area contributed by atoms with Crippen LogP contribution in [0.5, 0.6) is 0 Å². The molecule has 1 rings (SSSR count). The largest absolute Gasteiger partial charge is 0.402 e. The third-order valence-corrected chi connectivity index (χ3v) is 2.79. The van der Waals surface area contributed by atoms with E-state index in [-0.39, 0.29) is 5.56 Å². The van der Waals surface area contributed by atoms with Gasteiger partial charge in [-0.3, -0.25) is 11.3 Å². The molecule has 0 radical (unpaired) electrons. The minimum atomic E-state index is -5.58. The molecular formula is C11H11F7N2. The number of alkyl halides is 6. The zero-order valence-electron chi connectivity index (χ0n) is 10.1. The van der Waals surface area contributed by atoms with E-state index in [1.54, 1.807) is 0 Å². The first-order chi connectivity index (χ1) is 8.98. The molecule has 0 fully saturated rings. The van der Waals surface area contributed by atoms with Crippen molar-refractivity contribution >= 4 is 0 Å². The highest BCUT2D eigenvalue weighted by Gasteiger charge is 2.60. The number of nitrogens with two attached hydrogens (primary N) is 1. The molecule has 1 aromatic carbocycles. The van der Waals surface area contributed by atoms with Crippen LogP contribution in [0.25, 0.3) is 0 Å². The minimum Gasteiger partial charge on any atom is -0.271 e. The first kappa shape index (κ1) is 16.7. The topological polar surface area (TPSA) is 38.0 Å². The van der Waals surface area contributed by atoms with E-state index in [9.17, 15) is 30.7 Å². The molecule has 2 nitrogen and oxygen atoms in total. The van der Waals surface area contributed by atoms with Gasteiger partial charge in [0, 0.05) is 0 Å². The maximum atomic E-state index is 13.1. The Morgan fingerprint density at radius 1 is 1.05 bits per heavy atom. The molecule has 20 heavy (non-hydrogen) atoms. The van der Waals surface area contributed by atoms with Gasteiger partial charge in [-0.2, -0.15) is 26.3 Å². The van der Waals surface area contributed by atoms with Crippen molar-refractivity contribution in [3.8, 4) is 0 Å². The summed E-state index contributed by atoms with van der Waals surface area (Å²) in [6.07, 6.45) is -11.2. The van der Waals surface area contributed by atoms with Crippen LogP contribution in [0.3, 0.4) is 0 Å². The van der Waals surface area contributed by atoms with E-state index in [1.807, 2.05) is 0 Å². The predicted octanol–water partition coefficient (Wildman–Crippen LogP) is 3.38. The quantitative estimate of drug-likeness (QED) is 0.510. The Kier molecular flexibility index (Phi) is 4.65. The summed E-state index contributed by atoms with van der Waals surface area (Å²) in [5.41, 5.74) is 1.06. The second kappa shape index (κ2) is 5.57. The van der Waals surface area contributed by atoms with Crippen molar-refractivity contribution in [3.05, 3.63) is 35.1 Å². The molecule has 3 N–H and O–H groups in total. The Bertz CT molecular complexity index is 453. The maximum Gasteiger partial charge on any atom is 0.402 e. The highest BCUT2D eigenvalue weighted by molar-refractivity contribution is 5.30. The van der Waals surface area contributed by atoms with Gasteiger partial charge >= 0.3 is 12.4 Å². The predicted molar refractivity (Wildman–Crippen MR) is 56.8 cm³/mol. The molecule has 114 valence electrons. The molecule has 1 aromatic rings. The summed E-state index contributed by atoms with van der Waals surface area (Å²) in [5.74, 6) is 0.160. The molecule has 0 amide bonds. The van der Waals surface area contributed by atoms with Gasteiger partial charge < -0.3 is 0 Å². The summed E-state index contributed by atoms with van der Waals surface area (Å²) in [5, 5.41) is 0. The zero-order chi connectivity index (χ0) is 15.7. The van der Waals surface area contributed by atoms with Crippen molar-refractivity contribution < 1.29 is 30.7 Å². The Hall–Kier alpha value is -1.35. The van der Waals surface area contributed by atoms with Crippen molar-refractivity contribution in [2.24, 2.45) is 11.8 Å². The van der Waals surface area contributed by atoms with E-state index < -0.39 is 35.7 Å². The summed E-state index contributed by atoms with van der Waals surface area (Å²) in [6.45, 7) is 1.27. The molecule has 0 heterocycles. The summed E-state index contributed by atoms with van der Waals surface area (Å²) in [6, 6.07) is 0.289. The molecule has 0 aliphatic rings. The highest BCUT2D eigenvalue weighted by atomic mass is 19.4. The fraction of sp³-hybridized carbons (Fsp3) is 0.455. The summed E-state index contributed by atoms with van der Waals surface area (Å²) < 4.78 is 89.0. The van der Waals surface area contributed by atoms with Crippen molar-refractivity contribution in [1.29, 1.82) is 0 Å². The molecule has 1 unspecified atom stereocenters. The lowest BCUT2D eigenvalue weighted by molar-refractivity contribution is -0.293. The summed E-state index contributed by atoms with van der Waals surface area (Å²) in [7, 11) is 0. The molecule has 9 heteroatoms. The lowest BCUT2D eigenvalue weighted by atomic mass is 9.89. The fourth-order valence-electron chi connectivity index (χ4n) is 1.88. The average Bonchev–Trinajstić information content (AvgIpc) is 2.25. The van der Waals surface area contributed by atoms with Gasteiger partial charge in [-0.25, -0.2) is 4.39 Å². The molecule has 0 bridgehead atoms. The zero-order valence-corrected chi connectivity index (χ0v) is 10.1. The van der Waals surface area contributed by atoms with E-state index >= 15 is 0 Å². The molecule has 1 atom stereocenters. The van der Waals surface area contributed by atoms with Gasteiger partial charge in [-0.05, 0) is 30.2 Å². The second-order valence-electron chi connectivity index (χ2n) is 4.21. The molecular weight excluding hydrogens is 293 g/mol. The van der Waals surface area contributed by atoms with Crippen LogP contribution < -0.4 is 11.3 Å². The Balaban J connectivity index is 3.38. The number of rotatable bonds is 3. The number of aryl methyl sites for hydroxylation is 1. The van der Waals surface area contributed by atoms with Gasteiger partial charge in [-0.1, -0.05) is 6.07 Å². The number of hydrogen-bond donors (Lipinski definition) is 2. The molecule has 0 aliphatic heterocycles. The number of nitrogens with one attached hydrogen (secondary N) is 1. The molecule has 0 saturated carbocycles. The van der Waals surface area contributed by atoms with Gasteiger partial charge in [0.2, 0.25) is 0 Å². The molecule has 0 saturated heterocycles. The van der Waals surface area contributed by atoms with E-state index in [1.165, 1.54) is 12.3 Å². The normalized spacial score (nSPS) is 14.7. The first-order valence-corrected chi connectivity index (χ1v) is 5.34. The van der Waals surface area contributed by atoms with Crippen LogP contribution >= 0.6 is 0 Å². The molecule has 0 aromatic heterocycles. The van der Waals surface area contributed by atoms with Crippen LogP contribution in [0.2, 0.25) is 0 Å². The minimum absolute atomic E-state index is 0.0628. The molecule has 0 spiro atoms. The SMILES string of the molecule is Cc1ccc(F)cc1C(NN)C(C(F)(F)F)C(F)(F)F. The summed E-state index contributed by atoms with van der Waals surface area (Å²) in [4.78, 5) is 0. The Morgan fingerprint density at radius 3 is 1.95 bits per heavy atom. The van der Waals surface area contributed by atoms with Gasteiger partial charge in [0.05, 0.1) is 6.04 Å². The van der Waals surface area contributed by atoms with E-state index in [2.05, 4.69) is 0 Å². The number of halogens is 7. The van der Waals surface area contributed by atoms with E-state index in [0.717, 1.165) is 12.1 Å². The first-order valence-electron chi connectivity index (χ1n) is 5.34. The second-order valence-corrected chi connectivity index (χ2v) is 4.21. The average molecular weight is 304 g/mol. The van der Waals surface area contributed by atoms with E-state index in [0.29, 0.717) is 6.07 Å². The van der Waals surface area contributed by atoms with Crippen LogP contribution in [0, 0.1) is 18.7 Å². The van der Waals surface area contributed by atoms with Crippen LogP contribution in [-0.4, -0.2) is 12.4 Å². The van der Waals surface area contributed by atoms with Gasteiger partial charge in [-0.15, -0.1) is 0 Å². The van der Waals surface area contributed by atoms with Crippen molar-refractivity contribution in [3.63, 3.8) is 0 Å². The van der Waals surface area contributed by atoms with Crippen LogP contribution in [-0.2, 0) is 0 Å². The highest BCUT2D eigenvalue weighted by Crippen LogP contribution is 2.46. The monoisotopic (exact) mass is 304 g/mol. The fourth-order valence-corrected chi connectivity index (χ4v) is 1.88. The lowest BCUT2D eigenvalue weighted by Gasteiger charge is -2.31. The number of hydrogen-bond acceptors (Lipinski definition) is 2. The van der Waals surface area contributed by atoms with Crippen molar-refractivity contribution in [2.75, 3.05) is 0 Å². The third kappa shape index (κ3) is 3.60. The van der Waals surface area contributed by atoms with Crippen LogP contribution in [0.15, 0.2) is 18.2 Å². The lowest BCUT2D eigenvalue weighted by Crippen LogP contribution is -2.48. The molecule has 0 aliphatic carbocycles. The van der Waals surface area contributed by atoms with Gasteiger partial charge in [0.15, 0.2) is 5.92 Å². The standard InChI is InChI=1S/C11H11F7N2/c1-5-2-3-6(12)4-7(5)8(20-19)9(10(13,14)15)11(16,17)18/h2-4,8-9,20H,19H2,1H3. The van der Waals surface area contributed by atoms with Gasteiger partial charge in [0.25, 0.3) is 0 Å². The Labute approximate surface area is 109 Å². The van der Waals surface area contributed by atoms with Crippen LogP contribution in [0.1, 0.15) is 17.2 Å². The maximum absolute atomic E-state index is 13.1. The van der Waals surface area contributed by atoms with Gasteiger partial charge in [0.1, 0.15) is 5.82 Å². The Morgan fingerprint density at radius 2 is 1.55 bits per heavy atom. The third-order valence-electron chi connectivity index (χ3n) is 2.79. The van der Waals surface area contributed by atoms with Crippen molar-refractivity contribution in [2.45, 2.75) is 25.3 Å². The van der Waals surface area contributed by atoms with Crippen molar-refractivity contribution in [1.82, 2.24) is 5.43 Å². The smallest absolute Gasteiger partial charge is 0.271 e. The van der Waals surface area contributed by atoms with E-state index in [4.69, 9.17) is 5.84 Å².